The Morgan fingerprint density at radius 1 is 0.792 bits per heavy atom. The van der Waals surface area contributed by atoms with Gasteiger partial charge in [-0.3, -0.25) is 4.79 Å². The van der Waals surface area contributed by atoms with Gasteiger partial charge in [-0.05, 0) is 25.2 Å². The Balaban J connectivity index is 3.48. The number of esters is 1. The summed E-state index contributed by atoms with van der Waals surface area (Å²) in [7, 11) is 3.33. The second kappa shape index (κ2) is 17.3. The Labute approximate surface area is 150 Å². The van der Waals surface area contributed by atoms with Gasteiger partial charge in [-0.15, -0.1) is 0 Å². The van der Waals surface area contributed by atoms with Gasteiger partial charge in [0.15, 0.2) is 0 Å². The van der Waals surface area contributed by atoms with Crippen LogP contribution in [-0.2, 0) is 14.3 Å². The van der Waals surface area contributed by atoms with Crippen LogP contribution in [0.15, 0.2) is 0 Å². The van der Waals surface area contributed by atoms with Crippen molar-refractivity contribution in [2.45, 2.75) is 110 Å². The number of unbranched alkanes of at least 4 members (excludes halogenated alkanes) is 9. The molecule has 0 saturated heterocycles. The van der Waals surface area contributed by atoms with Crippen molar-refractivity contribution in [1.82, 2.24) is 0 Å². The zero-order valence-electron chi connectivity index (χ0n) is 16.8. The molecular weight excluding hydrogens is 300 g/mol. The van der Waals surface area contributed by atoms with E-state index in [2.05, 4.69) is 18.6 Å². The Morgan fingerprint density at radius 3 is 1.92 bits per heavy atom. The van der Waals surface area contributed by atoms with Crippen molar-refractivity contribution in [3.05, 3.63) is 0 Å². The molecule has 3 heteroatoms. The first-order valence-electron chi connectivity index (χ1n) is 10.2. The molecule has 0 heterocycles. The third-order valence-corrected chi connectivity index (χ3v) is 5.05. The van der Waals surface area contributed by atoms with Crippen LogP contribution >= 0.6 is 0 Å². The molecule has 0 aliphatic carbocycles. The molecule has 0 aliphatic heterocycles. The lowest BCUT2D eigenvalue weighted by Crippen LogP contribution is -2.20. The monoisotopic (exact) mass is 342 g/mol. The maximum absolute atomic E-state index is 11.0. The van der Waals surface area contributed by atoms with Crippen LogP contribution in [0, 0.1) is 5.92 Å². The summed E-state index contributed by atoms with van der Waals surface area (Å²) < 4.78 is 10.4. The minimum Gasteiger partial charge on any atom is -0.469 e. The largest absolute Gasteiger partial charge is 0.469 e. The summed E-state index contributed by atoms with van der Waals surface area (Å²) in [4.78, 5) is 11.0. The molecule has 0 N–H and O–H groups in total. The van der Waals surface area contributed by atoms with Gasteiger partial charge in [0.05, 0.1) is 13.2 Å². The van der Waals surface area contributed by atoms with Crippen molar-refractivity contribution >= 4 is 5.97 Å². The molecule has 2 atom stereocenters. The number of rotatable bonds is 17. The van der Waals surface area contributed by atoms with Crippen molar-refractivity contribution in [3.63, 3.8) is 0 Å². The molecule has 0 radical (unpaired) electrons. The number of methoxy groups -OCH3 is 2. The van der Waals surface area contributed by atoms with Crippen LogP contribution in [0.3, 0.4) is 0 Å². The Bertz CT molecular complexity index is 278. The van der Waals surface area contributed by atoms with E-state index < -0.39 is 0 Å². The molecule has 0 aromatic carbocycles. The molecule has 24 heavy (non-hydrogen) atoms. The van der Waals surface area contributed by atoms with Crippen molar-refractivity contribution in [2.75, 3.05) is 14.2 Å². The van der Waals surface area contributed by atoms with Crippen molar-refractivity contribution in [1.29, 1.82) is 0 Å². The molecule has 0 saturated carbocycles. The molecule has 0 amide bonds. The van der Waals surface area contributed by atoms with Gasteiger partial charge < -0.3 is 9.47 Å². The minimum absolute atomic E-state index is 0.0774. The van der Waals surface area contributed by atoms with Gasteiger partial charge in [0, 0.05) is 13.5 Å². The molecule has 0 spiro atoms. The second-order valence-electron chi connectivity index (χ2n) is 7.19. The highest BCUT2D eigenvalue weighted by molar-refractivity contribution is 5.68. The van der Waals surface area contributed by atoms with Gasteiger partial charge in [-0.1, -0.05) is 78.1 Å². The first-order valence-corrected chi connectivity index (χ1v) is 10.2. The predicted octanol–water partition coefficient (Wildman–Crippen LogP) is 6.29. The molecule has 0 rings (SSSR count). The van der Waals surface area contributed by atoms with E-state index in [1.54, 1.807) is 0 Å². The first-order chi connectivity index (χ1) is 11.7. The number of hydrogen-bond donors (Lipinski definition) is 0. The quantitative estimate of drug-likeness (QED) is 0.230. The smallest absolute Gasteiger partial charge is 0.305 e. The van der Waals surface area contributed by atoms with E-state index in [9.17, 15) is 4.79 Å². The van der Waals surface area contributed by atoms with E-state index >= 15 is 0 Å². The van der Waals surface area contributed by atoms with Crippen LogP contribution in [0.25, 0.3) is 0 Å². The maximum atomic E-state index is 11.0. The molecule has 3 nitrogen and oxygen atoms in total. The number of ether oxygens (including phenoxy) is 2. The first kappa shape index (κ1) is 23.4. The summed E-state index contributed by atoms with van der Waals surface area (Å²) in [5, 5.41) is 0. The van der Waals surface area contributed by atoms with Gasteiger partial charge in [-0.2, -0.15) is 0 Å². The van der Waals surface area contributed by atoms with E-state index in [0.29, 0.717) is 18.4 Å². The maximum Gasteiger partial charge on any atom is 0.305 e. The molecule has 0 aromatic heterocycles. The SMILES string of the molecule is CCCCCCC(OC)C(C)CCCCCCCCCC(=O)OC. The van der Waals surface area contributed by atoms with Gasteiger partial charge in [0.2, 0.25) is 0 Å². The summed E-state index contributed by atoms with van der Waals surface area (Å²) in [6.45, 7) is 4.61. The van der Waals surface area contributed by atoms with E-state index in [1.165, 1.54) is 77.7 Å². The molecule has 0 aromatic rings. The Hall–Kier alpha value is -0.570. The number of hydrogen-bond acceptors (Lipinski definition) is 3. The summed E-state index contributed by atoms with van der Waals surface area (Å²) in [6.07, 6.45) is 17.4. The fraction of sp³-hybridized carbons (Fsp3) is 0.952. The molecular formula is C21H42O3. The van der Waals surface area contributed by atoms with Crippen LogP contribution in [0.5, 0.6) is 0 Å². The fourth-order valence-electron chi connectivity index (χ4n) is 3.31. The standard InChI is InChI=1S/C21H42O3/c1-5-6-7-14-17-20(23-3)19(2)16-13-11-9-8-10-12-15-18-21(22)24-4/h19-20H,5-18H2,1-4H3. The third-order valence-electron chi connectivity index (χ3n) is 5.05. The molecule has 0 fully saturated rings. The normalized spacial score (nSPS) is 13.7. The summed E-state index contributed by atoms with van der Waals surface area (Å²) in [5.74, 6) is 0.600. The average Bonchev–Trinajstić information content (AvgIpc) is 2.59. The topological polar surface area (TPSA) is 35.5 Å². The Morgan fingerprint density at radius 2 is 1.33 bits per heavy atom. The summed E-state index contributed by atoms with van der Waals surface area (Å²) >= 11 is 0. The highest BCUT2D eigenvalue weighted by Crippen LogP contribution is 2.21. The zero-order valence-corrected chi connectivity index (χ0v) is 16.8. The molecule has 0 aliphatic rings. The lowest BCUT2D eigenvalue weighted by atomic mass is 9.93. The lowest BCUT2D eigenvalue weighted by molar-refractivity contribution is -0.140. The van der Waals surface area contributed by atoms with Crippen LogP contribution in [-0.4, -0.2) is 26.3 Å². The van der Waals surface area contributed by atoms with Crippen LogP contribution in [0.4, 0.5) is 0 Å². The van der Waals surface area contributed by atoms with Crippen molar-refractivity contribution in [2.24, 2.45) is 5.92 Å². The summed E-state index contributed by atoms with van der Waals surface area (Å²) in [5.41, 5.74) is 0. The summed E-state index contributed by atoms with van der Waals surface area (Å²) in [6, 6.07) is 0. The highest BCUT2D eigenvalue weighted by Gasteiger charge is 2.15. The molecule has 0 bridgehead atoms. The van der Waals surface area contributed by atoms with Gasteiger partial charge >= 0.3 is 5.97 Å². The van der Waals surface area contributed by atoms with E-state index in [4.69, 9.17) is 4.74 Å². The zero-order chi connectivity index (χ0) is 18.0. The van der Waals surface area contributed by atoms with Crippen LogP contribution < -0.4 is 0 Å². The minimum atomic E-state index is -0.0774. The van der Waals surface area contributed by atoms with E-state index in [1.807, 2.05) is 7.11 Å². The van der Waals surface area contributed by atoms with Crippen LogP contribution in [0.2, 0.25) is 0 Å². The van der Waals surface area contributed by atoms with Crippen molar-refractivity contribution in [3.8, 4) is 0 Å². The Kier molecular flexibility index (Phi) is 16.8. The van der Waals surface area contributed by atoms with Gasteiger partial charge in [0.25, 0.3) is 0 Å². The van der Waals surface area contributed by atoms with E-state index in [-0.39, 0.29) is 5.97 Å². The second-order valence-corrected chi connectivity index (χ2v) is 7.19. The lowest BCUT2D eigenvalue weighted by Gasteiger charge is -2.22. The predicted molar refractivity (Wildman–Crippen MR) is 102 cm³/mol. The van der Waals surface area contributed by atoms with Gasteiger partial charge in [0.1, 0.15) is 0 Å². The number of carbonyl (C=O) groups excluding carboxylic acids is 1. The molecule has 144 valence electrons. The average molecular weight is 343 g/mol. The third kappa shape index (κ3) is 13.8. The molecule has 2 unspecified atom stereocenters. The van der Waals surface area contributed by atoms with E-state index in [0.717, 1.165) is 12.8 Å². The van der Waals surface area contributed by atoms with Crippen molar-refractivity contribution < 1.29 is 14.3 Å². The highest BCUT2D eigenvalue weighted by atomic mass is 16.5. The number of carbonyl (C=O) groups is 1. The fourth-order valence-corrected chi connectivity index (χ4v) is 3.31. The van der Waals surface area contributed by atoms with Gasteiger partial charge in [-0.25, -0.2) is 0 Å². The van der Waals surface area contributed by atoms with Crippen LogP contribution in [0.1, 0.15) is 104 Å².